The van der Waals surface area contributed by atoms with E-state index in [1.807, 2.05) is 6.92 Å². The van der Waals surface area contributed by atoms with Crippen molar-refractivity contribution in [3.8, 4) is 0 Å². The summed E-state index contributed by atoms with van der Waals surface area (Å²) in [6, 6.07) is 0.203. The molecular weight excluding hydrogens is 90.1 g/mol. The molecule has 1 unspecified atom stereocenters. The highest BCUT2D eigenvalue weighted by molar-refractivity contribution is 4.50. The quantitative estimate of drug-likeness (QED) is 0.555. The van der Waals surface area contributed by atoms with Crippen LogP contribution >= 0.6 is 0 Å². The molecule has 0 aromatic carbocycles. The van der Waals surface area contributed by atoms with Gasteiger partial charge in [-0.25, -0.2) is 5.11 Å². The van der Waals surface area contributed by atoms with E-state index in [0.29, 0.717) is 0 Å². The highest BCUT2D eigenvalue weighted by Crippen LogP contribution is 1.89. The van der Waals surface area contributed by atoms with Crippen LogP contribution in [0.25, 0.3) is 0 Å². The Hall–Kier alpha value is -0.0800. The Morgan fingerprint density at radius 2 is 2.29 bits per heavy atom. The van der Waals surface area contributed by atoms with Gasteiger partial charge in [-0.1, -0.05) is 0 Å². The van der Waals surface area contributed by atoms with E-state index in [0.717, 1.165) is 12.8 Å². The van der Waals surface area contributed by atoms with E-state index in [2.05, 4.69) is 0 Å². The first kappa shape index (κ1) is 6.92. The van der Waals surface area contributed by atoms with Gasteiger partial charge in [0.25, 0.3) is 0 Å². The average molecular weight is 102 g/mol. The molecule has 0 aromatic rings. The molecule has 0 amide bonds. The van der Waals surface area contributed by atoms with Crippen LogP contribution in [-0.2, 0) is 5.11 Å². The zero-order chi connectivity index (χ0) is 5.70. The van der Waals surface area contributed by atoms with Crippen LogP contribution in [0.2, 0.25) is 0 Å². The van der Waals surface area contributed by atoms with Crippen LogP contribution in [0, 0.1) is 0 Å². The lowest BCUT2D eigenvalue weighted by Crippen LogP contribution is -2.14. The molecule has 0 aromatic heterocycles. The Kier molecular flexibility index (Phi) is 4.04. The molecule has 7 heavy (non-hydrogen) atoms. The Morgan fingerprint density at radius 3 is 2.43 bits per heavy atom. The highest BCUT2D eigenvalue weighted by Gasteiger charge is 1.90. The number of nitrogens with two attached hydrogens (primary N) is 1. The van der Waals surface area contributed by atoms with E-state index in [4.69, 9.17) is 5.73 Å². The van der Waals surface area contributed by atoms with Crippen molar-refractivity contribution in [1.29, 1.82) is 0 Å². The molecule has 0 heterocycles. The summed E-state index contributed by atoms with van der Waals surface area (Å²) in [5, 5.41) is 9.78. The van der Waals surface area contributed by atoms with Gasteiger partial charge < -0.3 is 5.73 Å². The topological polar surface area (TPSA) is 45.9 Å². The molecule has 0 rings (SSSR count). The van der Waals surface area contributed by atoms with Crippen LogP contribution in [0.1, 0.15) is 19.8 Å². The van der Waals surface area contributed by atoms with E-state index in [9.17, 15) is 5.11 Å². The molecule has 2 N–H and O–H groups in total. The number of hydrogen-bond donors (Lipinski definition) is 1. The largest absolute Gasteiger partial charge is 0.328 e. The van der Waals surface area contributed by atoms with Crippen LogP contribution in [0.4, 0.5) is 0 Å². The van der Waals surface area contributed by atoms with Crippen molar-refractivity contribution < 1.29 is 5.11 Å². The summed E-state index contributed by atoms with van der Waals surface area (Å²) < 4.78 is 0. The van der Waals surface area contributed by atoms with Gasteiger partial charge in [0, 0.05) is 6.04 Å². The third-order valence-electron chi connectivity index (χ3n) is 0.804. The molecule has 1 radical (unpaired) electrons. The van der Waals surface area contributed by atoms with Crippen molar-refractivity contribution in [2.24, 2.45) is 5.73 Å². The first-order valence-corrected chi connectivity index (χ1v) is 2.61. The van der Waals surface area contributed by atoms with E-state index in [1.54, 1.807) is 0 Å². The zero-order valence-electron chi connectivity index (χ0n) is 4.68. The lowest BCUT2D eigenvalue weighted by atomic mass is 10.2. The first-order chi connectivity index (χ1) is 3.27. The van der Waals surface area contributed by atoms with E-state index >= 15 is 0 Å². The van der Waals surface area contributed by atoms with Gasteiger partial charge in [0.2, 0.25) is 0 Å². The Labute approximate surface area is 44.3 Å². The molecule has 0 aliphatic rings. The van der Waals surface area contributed by atoms with Crippen LogP contribution in [-0.4, -0.2) is 12.6 Å². The molecule has 43 valence electrons. The van der Waals surface area contributed by atoms with Crippen molar-refractivity contribution in [2.45, 2.75) is 25.8 Å². The normalized spacial score (nSPS) is 14.1. The molecule has 2 nitrogen and oxygen atoms in total. The molecule has 0 spiro atoms. The van der Waals surface area contributed by atoms with Crippen LogP contribution < -0.4 is 5.73 Å². The van der Waals surface area contributed by atoms with Crippen LogP contribution in [0.3, 0.4) is 0 Å². The van der Waals surface area contributed by atoms with Gasteiger partial charge in [0.1, 0.15) is 0 Å². The summed E-state index contributed by atoms with van der Waals surface area (Å²) in [5.41, 5.74) is 5.34. The smallest absolute Gasteiger partial charge is 0.0822 e. The monoisotopic (exact) mass is 102 g/mol. The molecule has 0 aliphatic carbocycles. The van der Waals surface area contributed by atoms with Gasteiger partial charge in [0.15, 0.2) is 0 Å². The van der Waals surface area contributed by atoms with Crippen molar-refractivity contribution >= 4 is 0 Å². The first-order valence-electron chi connectivity index (χ1n) is 2.61. The minimum Gasteiger partial charge on any atom is -0.328 e. The molecule has 0 saturated heterocycles. The Bertz CT molecular complexity index is 37.1. The SMILES string of the molecule is CC(N)CCC[O]. The van der Waals surface area contributed by atoms with Crippen molar-refractivity contribution in [3.63, 3.8) is 0 Å². The maximum absolute atomic E-state index is 9.78. The van der Waals surface area contributed by atoms with Crippen molar-refractivity contribution in [3.05, 3.63) is 0 Å². The highest BCUT2D eigenvalue weighted by atomic mass is 16.2. The van der Waals surface area contributed by atoms with Crippen LogP contribution in [0.15, 0.2) is 0 Å². The maximum Gasteiger partial charge on any atom is 0.0822 e. The Balaban J connectivity index is 2.68. The predicted octanol–water partition coefficient (Wildman–Crippen LogP) is 0.544. The summed E-state index contributed by atoms with van der Waals surface area (Å²) in [6.07, 6.45) is 1.58. The average Bonchev–Trinajstić information content (AvgIpc) is 1.61. The minimum atomic E-state index is 0.0154. The number of rotatable bonds is 3. The summed E-state index contributed by atoms with van der Waals surface area (Å²) in [6.45, 7) is 1.93. The fourth-order valence-corrected chi connectivity index (χ4v) is 0.405. The van der Waals surface area contributed by atoms with Crippen molar-refractivity contribution in [2.75, 3.05) is 6.61 Å². The third kappa shape index (κ3) is 5.92. The van der Waals surface area contributed by atoms with Gasteiger partial charge >= 0.3 is 0 Å². The van der Waals surface area contributed by atoms with Crippen LogP contribution in [0.5, 0.6) is 0 Å². The second-order valence-corrected chi connectivity index (χ2v) is 1.82. The molecular formula is C5H12NO. The third-order valence-corrected chi connectivity index (χ3v) is 0.804. The van der Waals surface area contributed by atoms with Gasteiger partial charge in [-0.05, 0) is 19.8 Å². The van der Waals surface area contributed by atoms with Gasteiger partial charge in [0.05, 0.1) is 6.61 Å². The second kappa shape index (κ2) is 4.09. The fraction of sp³-hybridized carbons (Fsp3) is 1.00. The molecule has 0 aliphatic heterocycles. The summed E-state index contributed by atoms with van der Waals surface area (Å²) >= 11 is 0. The van der Waals surface area contributed by atoms with Gasteiger partial charge in [-0.15, -0.1) is 0 Å². The molecule has 0 fully saturated rings. The fourth-order valence-electron chi connectivity index (χ4n) is 0.405. The van der Waals surface area contributed by atoms with Gasteiger partial charge in [-0.3, -0.25) is 0 Å². The zero-order valence-corrected chi connectivity index (χ0v) is 4.68. The van der Waals surface area contributed by atoms with E-state index in [1.165, 1.54) is 0 Å². The lowest BCUT2D eigenvalue weighted by molar-refractivity contribution is 0.185. The minimum absolute atomic E-state index is 0.0154. The maximum atomic E-state index is 9.78. The summed E-state index contributed by atoms with van der Waals surface area (Å²) in [7, 11) is 0. The lowest BCUT2D eigenvalue weighted by Gasteiger charge is -1.98. The summed E-state index contributed by atoms with van der Waals surface area (Å²) in [5.74, 6) is 0. The van der Waals surface area contributed by atoms with E-state index in [-0.39, 0.29) is 12.6 Å². The number of hydrogen-bond acceptors (Lipinski definition) is 1. The van der Waals surface area contributed by atoms with Crippen molar-refractivity contribution in [1.82, 2.24) is 0 Å². The molecule has 2 heteroatoms. The molecule has 0 bridgehead atoms. The van der Waals surface area contributed by atoms with E-state index < -0.39 is 0 Å². The molecule has 0 saturated carbocycles. The predicted molar refractivity (Wildman–Crippen MR) is 28.4 cm³/mol. The standard InChI is InChI=1S/C5H12NO/c1-5(6)3-2-4-7/h5H,2-4,6H2,1H3. The Morgan fingerprint density at radius 1 is 1.71 bits per heavy atom. The summed E-state index contributed by atoms with van der Waals surface area (Å²) in [4.78, 5) is 0. The molecule has 1 atom stereocenters. The van der Waals surface area contributed by atoms with Gasteiger partial charge in [-0.2, -0.15) is 0 Å². The second-order valence-electron chi connectivity index (χ2n) is 1.82.